The van der Waals surface area contributed by atoms with Gasteiger partial charge in [0.25, 0.3) is 5.91 Å². The number of rotatable bonds is 12. The van der Waals surface area contributed by atoms with Gasteiger partial charge in [0.1, 0.15) is 17.3 Å². The van der Waals surface area contributed by atoms with E-state index in [4.69, 9.17) is 9.15 Å². The van der Waals surface area contributed by atoms with Crippen LogP contribution >= 0.6 is 0 Å². The summed E-state index contributed by atoms with van der Waals surface area (Å²) in [5, 5.41) is 3.66. The molecule has 1 aromatic heterocycles. The van der Waals surface area contributed by atoms with Gasteiger partial charge in [0, 0.05) is 42.2 Å². The molecule has 0 aliphatic heterocycles. The smallest absolute Gasteiger partial charge is 0.307 e. The largest absolute Gasteiger partial charge is 0.466 e. The van der Waals surface area contributed by atoms with Crippen molar-refractivity contribution in [3.8, 4) is 11.3 Å². The SMILES string of the molecule is CCOC(=O)CCN(C)C(=O)c1ccc(NC(c2cc(-c3ccccc3)oc2CS(C)(=O)=O)C2CCCCC2)cc1. The molecule has 9 heteroatoms. The minimum absolute atomic E-state index is 0.143. The average molecular weight is 581 g/mol. The van der Waals surface area contributed by atoms with Gasteiger partial charge in [-0.3, -0.25) is 9.59 Å². The molecule has 0 spiro atoms. The Morgan fingerprint density at radius 2 is 1.73 bits per heavy atom. The van der Waals surface area contributed by atoms with E-state index in [0.29, 0.717) is 29.6 Å². The summed E-state index contributed by atoms with van der Waals surface area (Å²) in [5.41, 5.74) is 3.11. The molecule has 0 saturated heterocycles. The van der Waals surface area contributed by atoms with Crippen molar-refractivity contribution in [2.45, 2.75) is 57.2 Å². The van der Waals surface area contributed by atoms with E-state index in [1.807, 2.05) is 48.5 Å². The molecule has 1 amide bonds. The summed E-state index contributed by atoms with van der Waals surface area (Å²) < 4.78 is 35.9. The van der Waals surface area contributed by atoms with E-state index < -0.39 is 9.84 Å². The van der Waals surface area contributed by atoms with E-state index in [0.717, 1.165) is 42.5 Å². The highest BCUT2D eigenvalue weighted by Gasteiger charge is 2.31. The molecule has 41 heavy (non-hydrogen) atoms. The highest BCUT2D eigenvalue weighted by atomic mass is 32.2. The minimum atomic E-state index is -3.34. The van der Waals surface area contributed by atoms with Crippen LogP contribution in [0.3, 0.4) is 0 Å². The average Bonchev–Trinajstić information content (AvgIpc) is 3.37. The van der Waals surface area contributed by atoms with Crippen LogP contribution in [0.5, 0.6) is 0 Å². The summed E-state index contributed by atoms with van der Waals surface area (Å²) in [4.78, 5) is 26.1. The third kappa shape index (κ3) is 8.45. The predicted molar refractivity (Wildman–Crippen MR) is 160 cm³/mol. The molecular formula is C32H40N2O6S. The molecule has 0 bridgehead atoms. The summed E-state index contributed by atoms with van der Waals surface area (Å²) in [6.45, 7) is 2.34. The number of nitrogens with one attached hydrogen (secondary N) is 1. The summed E-state index contributed by atoms with van der Waals surface area (Å²) in [6.07, 6.45) is 6.88. The second-order valence-electron chi connectivity index (χ2n) is 10.8. The summed E-state index contributed by atoms with van der Waals surface area (Å²) in [5.74, 6) is 0.732. The maximum Gasteiger partial charge on any atom is 0.307 e. The Kier molecular flexibility index (Phi) is 10.3. The van der Waals surface area contributed by atoms with Gasteiger partial charge in [0.15, 0.2) is 9.84 Å². The van der Waals surface area contributed by atoms with E-state index in [-0.39, 0.29) is 36.6 Å². The van der Waals surface area contributed by atoms with Gasteiger partial charge in [0.2, 0.25) is 0 Å². The molecule has 1 aliphatic carbocycles. The molecule has 3 aromatic rings. The Morgan fingerprint density at radius 1 is 1.05 bits per heavy atom. The van der Waals surface area contributed by atoms with Gasteiger partial charge >= 0.3 is 5.97 Å². The van der Waals surface area contributed by atoms with Crippen molar-refractivity contribution in [1.29, 1.82) is 0 Å². The molecule has 220 valence electrons. The lowest BCUT2D eigenvalue weighted by atomic mass is 9.81. The minimum Gasteiger partial charge on any atom is -0.466 e. The number of ether oxygens (including phenoxy) is 1. The van der Waals surface area contributed by atoms with E-state index >= 15 is 0 Å². The number of carbonyl (C=O) groups excluding carboxylic acids is 2. The summed E-state index contributed by atoms with van der Waals surface area (Å²) in [6, 6.07) is 18.8. The molecule has 1 aliphatic rings. The van der Waals surface area contributed by atoms with Gasteiger partial charge in [-0.2, -0.15) is 0 Å². The standard InChI is InChI=1S/C32H40N2O6S/c1-4-39-30(35)19-20-34(2)32(36)25-15-17-26(18-16-25)33-31(24-13-9-6-10-14-24)27-21-28(23-11-7-5-8-12-23)40-29(27)22-41(3,37)38/h5,7-8,11-12,15-18,21,24,31,33H,4,6,9-10,13-14,19-20,22H2,1-3H3. The van der Waals surface area contributed by atoms with Crippen LogP contribution in [0.1, 0.15) is 73.2 Å². The lowest BCUT2D eigenvalue weighted by Crippen LogP contribution is -2.29. The Labute approximate surface area is 243 Å². The van der Waals surface area contributed by atoms with Crippen LogP contribution in [0.2, 0.25) is 0 Å². The van der Waals surface area contributed by atoms with Gasteiger partial charge in [-0.25, -0.2) is 8.42 Å². The topological polar surface area (TPSA) is 106 Å². The number of anilines is 1. The van der Waals surface area contributed by atoms with Crippen molar-refractivity contribution in [1.82, 2.24) is 4.90 Å². The number of carbonyl (C=O) groups is 2. The molecular weight excluding hydrogens is 540 g/mol. The number of nitrogens with zero attached hydrogens (tertiary/aromatic N) is 1. The van der Waals surface area contributed by atoms with Crippen LogP contribution in [-0.2, 0) is 25.1 Å². The van der Waals surface area contributed by atoms with Crippen LogP contribution < -0.4 is 5.32 Å². The number of sulfone groups is 1. The monoisotopic (exact) mass is 580 g/mol. The molecule has 1 atom stereocenters. The van der Waals surface area contributed by atoms with Gasteiger partial charge in [-0.1, -0.05) is 49.6 Å². The molecule has 1 heterocycles. The second kappa shape index (κ2) is 13.9. The predicted octanol–water partition coefficient (Wildman–Crippen LogP) is 6.25. The van der Waals surface area contributed by atoms with E-state index in [1.165, 1.54) is 17.6 Å². The molecule has 0 radical (unpaired) electrons. The first-order chi connectivity index (χ1) is 19.6. The fourth-order valence-electron chi connectivity index (χ4n) is 5.42. The highest BCUT2D eigenvalue weighted by Crippen LogP contribution is 2.41. The fraction of sp³-hybridized carbons (Fsp3) is 0.438. The zero-order valence-electron chi connectivity index (χ0n) is 24.1. The summed E-state index contributed by atoms with van der Waals surface area (Å²) in [7, 11) is -1.67. The van der Waals surface area contributed by atoms with Crippen molar-refractivity contribution in [3.05, 3.63) is 77.6 Å². The molecule has 1 N–H and O–H groups in total. The van der Waals surface area contributed by atoms with Gasteiger partial charge in [-0.05, 0) is 56.0 Å². The molecule has 8 nitrogen and oxygen atoms in total. The molecule has 1 unspecified atom stereocenters. The van der Waals surface area contributed by atoms with Crippen LogP contribution in [0, 0.1) is 5.92 Å². The lowest BCUT2D eigenvalue weighted by Gasteiger charge is -2.32. The molecule has 1 saturated carbocycles. The maximum absolute atomic E-state index is 12.9. The van der Waals surface area contributed by atoms with Crippen LogP contribution in [0.15, 0.2) is 65.1 Å². The number of amides is 1. The third-order valence-corrected chi connectivity index (χ3v) is 8.29. The highest BCUT2D eigenvalue weighted by molar-refractivity contribution is 7.89. The first kappa shape index (κ1) is 30.4. The van der Waals surface area contributed by atoms with Crippen molar-refractivity contribution < 1.29 is 27.2 Å². The van der Waals surface area contributed by atoms with Gasteiger partial charge in [-0.15, -0.1) is 0 Å². The van der Waals surface area contributed by atoms with Crippen molar-refractivity contribution >= 4 is 27.4 Å². The lowest BCUT2D eigenvalue weighted by molar-refractivity contribution is -0.143. The Hall–Kier alpha value is -3.59. The van der Waals surface area contributed by atoms with Gasteiger partial charge < -0.3 is 19.4 Å². The van der Waals surface area contributed by atoms with Crippen molar-refractivity contribution in [2.75, 3.05) is 31.8 Å². The molecule has 1 fully saturated rings. The number of benzene rings is 2. The number of hydrogen-bond donors (Lipinski definition) is 1. The third-order valence-electron chi connectivity index (χ3n) is 7.51. The second-order valence-corrected chi connectivity index (χ2v) is 12.9. The van der Waals surface area contributed by atoms with E-state index in [1.54, 1.807) is 26.1 Å². The summed E-state index contributed by atoms with van der Waals surface area (Å²) >= 11 is 0. The molecule has 4 rings (SSSR count). The first-order valence-electron chi connectivity index (χ1n) is 14.3. The van der Waals surface area contributed by atoms with Crippen LogP contribution in [0.4, 0.5) is 5.69 Å². The molecule has 2 aromatic carbocycles. The first-order valence-corrected chi connectivity index (χ1v) is 16.3. The fourth-order valence-corrected chi connectivity index (χ4v) is 6.12. The quantitative estimate of drug-likeness (QED) is 0.252. The van der Waals surface area contributed by atoms with Crippen LogP contribution in [0.25, 0.3) is 11.3 Å². The maximum atomic E-state index is 12.9. The number of hydrogen-bond acceptors (Lipinski definition) is 7. The zero-order valence-corrected chi connectivity index (χ0v) is 24.9. The Morgan fingerprint density at radius 3 is 2.37 bits per heavy atom. The normalized spacial score (nSPS) is 14.8. The van der Waals surface area contributed by atoms with Crippen molar-refractivity contribution in [2.24, 2.45) is 5.92 Å². The van der Waals surface area contributed by atoms with Gasteiger partial charge in [0.05, 0.1) is 19.1 Å². The van der Waals surface area contributed by atoms with E-state index in [9.17, 15) is 18.0 Å². The van der Waals surface area contributed by atoms with E-state index in [2.05, 4.69) is 5.32 Å². The Balaban J connectivity index is 1.59. The number of esters is 1. The Bertz CT molecular complexity index is 1410. The number of furan rings is 1. The van der Waals surface area contributed by atoms with Crippen molar-refractivity contribution in [3.63, 3.8) is 0 Å². The zero-order chi connectivity index (χ0) is 29.4. The van der Waals surface area contributed by atoms with Crippen LogP contribution in [-0.4, -0.2) is 51.6 Å².